The van der Waals surface area contributed by atoms with Crippen molar-refractivity contribution >= 4 is 16.9 Å². The van der Waals surface area contributed by atoms with Gasteiger partial charge in [-0.3, -0.25) is 4.79 Å². The van der Waals surface area contributed by atoms with Gasteiger partial charge in [0.2, 0.25) is 0 Å². The highest BCUT2D eigenvalue weighted by molar-refractivity contribution is 5.92. The van der Waals surface area contributed by atoms with Crippen molar-refractivity contribution < 1.29 is 19.1 Å². The molecule has 0 aliphatic carbocycles. The zero-order valence-corrected chi connectivity index (χ0v) is 21.9. The van der Waals surface area contributed by atoms with Gasteiger partial charge in [-0.15, -0.1) is 0 Å². The molecule has 0 spiro atoms. The molecule has 7 nitrogen and oxygen atoms in total. The first-order valence-corrected chi connectivity index (χ1v) is 12.0. The second-order valence-corrected chi connectivity index (χ2v) is 9.67. The molecule has 3 aromatic rings. The minimum atomic E-state index is -1.15. The summed E-state index contributed by atoms with van der Waals surface area (Å²) in [5.41, 5.74) is 4.78. The second kappa shape index (κ2) is 11.0. The number of carbonyl (C=O) groups is 1. The number of nitrogens with one attached hydrogen (secondary N) is 1. The van der Waals surface area contributed by atoms with Crippen LogP contribution in [0.25, 0.3) is 11.0 Å². The van der Waals surface area contributed by atoms with Crippen LogP contribution in [0, 0.1) is 6.92 Å². The van der Waals surface area contributed by atoms with Crippen LogP contribution >= 0.6 is 0 Å². The smallest absolute Gasteiger partial charge is 0.289 e. The first-order valence-electron chi connectivity index (χ1n) is 12.0. The van der Waals surface area contributed by atoms with Crippen LogP contribution in [0.15, 0.2) is 63.9 Å². The SMILES string of the molecule is CC/C(C)=C(\OC(C(=O)N1CCc2nc[nH]c2C1)=C(C)C)C(C)(C)O.Cc1cccc2occc12. The fourth-order valence-electron chi connectivity index (χ4n) is 4.03. The van der Waals surface area contributed by atoms with Gasteiger partial charge in [0, 0.05) is 18.4 Å². The lowest BCUT2D eigenvalue weighted by atomic mass is 10.0. The van der Waals surface area contributed by atoms with Crippen molar-refractivity contribution in [2.24, 2.45) is 0 Å². The number of fused-ring (bicyclic) bond motifs is 2. The Morgan fingerprint density at radius 1 is 1.26 bits per heavy atom. The van der Waals surface area contributed by atoms with Crippen LogP contribution in [0.4, 0.5) is 0 Å². The van der Waals surface area contributed by atoms with Crippen molar-refractivity contribution in [2.45, 2.75) is 73.5 Å². The number of aromatic amines is 1. The van der Waals surface area contributed by atoms with Gasteiger partial charge in [0.1, 0.15) is 16.9 Å². The summed E-state index contributed by atoms with van der Waals surface area (Å²) >= 11 is 0. The number of aryl methyl sites for hydroxylation is 1. The van der Waals surface area contributed by atoms with Crippen LogP contribution < -0.4 is 0 Å². The van der Waals surface area contributed by atoms with Gasteiger partial charge < -0.3 is 24.1 Å². The Kier molecular flexibility index (Phi) is 8.22. The number of ether oxygens (including phenoxy) is 1. The summed E-state index contributed by atoms with van der Waals surface area (Å²) in [4.78, 5) is 22.2. The van der Waals surface area contributed by atoms with Crippen LogP contribution in [-0.2, 0) is 22.5 Å². The fraction of sp³-hybridized carbons (Fsp3) is 0.429. The molecule has 1 aliphatic rings. The molecular weight excluding hydrogens is 442 g/mol. The predicted molar refractivity (Wildman–Crippen MR) is 137 cm³/mol. The number of aliphatic hydroxyl groups is 1. The molecule has 3 heterocycles. The lowest BCUT2D eigenvalue weighted by Gasteiger charge is -2.30. The molecule has 0 unspecified atom stereocenters. The standard InChI is InChI=1S/C19H29N3O3.C9H8O/c1-7-13(4)17(19(5,6)24)25-16(12(2)3)18(23)22-9-8-14-15(10-22)21-11-20-14;1-7-3-2-4-9-8(7)5-6-10-9/h11,24H,7-10H2,1-6H3,(H,20,21);2-6H,1H3/b17-13-;. The number of nitrogens with zero attached hydrogens (tertiary/aromatic N) is 2. The molecular formula is C28H37N3O4. The Hall–Kier alpha value is -3.32. The molecule has 1 aliphatic heterocycles. The molecule has 0 saturated carbocycles. The maximum absolute atomic E-state index is 13.0. The number of carbonyl (C=O) groups excluding carboxylic acids is 1. The third-order valence-electron chi connectivity index (χ3n) is 6.10. The minimum Gasteiger partial charge on any atom is -0.464 e. The third-order valence-corrected chi connectivity index (χ3v) is 6.10. The number of allylic oxidation sites excluding steroid dienone is 2. The maximum Gasteiger partial charge on any atom is 0.289 e. The van der Waals surface area contributed by atoms with E-state index in [9.17, 15) is 9.90 Å². The summed E-state index contributed by atoms with van der Waals surface area (Å²) in [7, 11) is 0. The van der Waals surface area contributed by atoms with E-state index in [1.54, 1.807) is 31.3 Å². The Balaban J connectivity index is 0.000000281. The van der Waals surface area contributed by atoms with Gasteiger partial charge in [0.25, 0.3) is 5.91 Å². The zero-order chi connectivity index (χ0) is 25.8. The Morgan fingerprint density at radius 3 is 2.63 bits per heavy atom. The maximum atomic E-state index is 13.0. The number of imidazole rings is 1. The number of amides is 1. The molecule has 35 heavy (non-hydrogen) atoms. The van der Waals surface area contributed by atoms with E-state index in [1.807, 2.05) is 45.9 Å². The largest absolute Gasteiger partial charge is 0.464 e. The molecule has 0 saturated heterocycles. The molecule has 4 rings (SSSR count). The van der Waals surface area contributed by atoms with E-state index < -0.39 is 5.60 Å². The average molecular weight is 480 g/mol. The molecule has 0 atom stereocenters. The van der Waals surface area contributed by atoms with Gasteiger partial charge in [-0.2, -0.15) is 0 Å². The highest BCUT2D eigenvalue weighted by atomic mass is 16.5. The van der Waals surface area contributed by atoms with E-state index in [0.717, 1.165) is 41.0 Å². The van der Waals surface area contributed by atoms with Crippen molar-refractivity contribution in [1.82, 2.24) is 14.9 Å². The van der Waals surface area contributed by atoms with Crippen molar-refractivity contribution in [2.75, 3.05) is 6.54 Å². The quantitative estimate of drug-likeness (QED) is 0.356. The summed E-state index contributed by atoms with van der Waals surface area (Å²) in [6.07, 6.45) is 4.85. The van der Waals surface area contributed by atoms with E-state index >= 15 is 0 Å². The lowest BCUT2D eigenvalue weighted by molar-refractivity contribution is -0.131. The lowest BCUT2D eigenvalue weighted by Crippen LogP contribution is -2.38. The summed E-state index contributed by atoms with van der Waals surface area (Å²) in [5.74, 6) is 0.567. The van der Waals surface area contributed by atoms with Crippen LogP contribution in [0.3, 0.4) is 0 Å². The predicted octanol–water partition coefficient (Wildman–Crippen LogP) is 5.80. The monoisotopic (exact) mass is 479 g/mol. The highest BCUT2D eigenvalue weighted by Crippen LogP contribution is 2.28. The first kappa shape index (κ1) is 26.3. The molecule has 188 valence electrons. The molecule has 2 N–H and O–H groups in total. The van der Waals surface area contributed by atoms with Crippen LogP contribution in [0.1, 0.15) is 64.9 Å². The molecule has 0 bridgehead atoms. The first-order chi connectivity index (χ1) is 16.5. The van der Waals surface area contributed by atoms with Crippen molar-refractivity contribution in [3.63, 3.8) is 0 Å². The van der Waals surface area contributed by atoms with Gasteiger partial charge in [-0.25, -0.2) is 4.98 Å². The Labute approximate surface area is 207 Å². The Bertz CT molecular complexity index is 1240. The van der Waals surface area contributed by atoms with Gasteiger partial charge >= 0.3 is 0 Å². The fourth-order valence-corrected chi connectivity index (χ4v) is 4.03. The van der Waals surface area contributed by atoms with E-state index in [2.05, 4.69) is 23.0 Å². The van der Waals surface area contributed by atoms with E-state index in [-0.39, 0.29) is 11.7 Å². The molecule has 2 aromatic heterocycles. The number of aromatic nitrogens is 2. The van der Waals surface area contributed by atoms with Crippen LogP contribution in [-0.4, -0.2) is 38.0 Å². The molecule has 0 radical (unpaired) electrons. The number of rotatable bonds is 5. The van der Waals surface area contributed by atoms with Gasteiger partial charge in [-0.05, 0) is 76.8 Å². The topological polar surface area (TPSA) is 91.6 Å². The van der Waals surface area contributed by atoms with E-state index in [0.29, 0.717) is 18.8 Å². The normalized spacial score (nSPS) is 14.0. The second-order valence-electron chi connectivity index (χ2n) is 9.67. The summed E-state index contributed by atoms with van der Waals surface area (Å²) in [6.45, 7) is 14.1. The average Bonchev–Trinajstić information content (AvgIpc) is 3.47. The van der Waals surface area contributed by atoms with Crippen molar-refractivity contribution in [3.05, 3.63) is 76.5 Å². The molecule has 1 amide bonds. The summed E-state index contributed by atoms with van der Waals surface area (Å²) in [6, 6.07) is 8.05. The van der Waals surface area contributed by atoms with Gasteiger partial charge in [0.15, 0.2) is 5.76 Å². The van der Waals surface area contributed by atoms with Crippen molar-refractivity contribution in [1.29, 1.82) is 0 Å². The van der Waals surface area contributed by atoms with Crippen LogP contribution in [0.2, 0.25) is 0 Å². The zero-order valence-electron chi connectivity index (χ0n) is 21.9. The number of furan rings is 1. The number of benzene rings is 1. The van der Waals surface area contributed by atoms with E-state index in [4.69, 9.17) is 9.15 Å². The summed E-state index contributed by atoms with van der Waals surface area (Å²) in [5, 5.41) is 11.7. The Morgan fingerprint density at radius 2 is 2.00 bits per heavy atom. The molecule has 1 aromatic carbocycles. The third kappa shape index (κ3) is 6.22. The minimum absolute atomic E-state index is 0.161. The highest BCUT2D eigenvalue weighted by Gasteiger charge is 2.31. The molecule has 7 heteroatoms. The number of hydrogen-bond acceptors (Lipinski definition) is 5. The van der Waals surface area contributed by atoms with Crippen molar-refractivity contribution in [3.8, 4) is 0 Å². The number of hydrogen-bond donors (Lipinski definition) is 2. The van der Waals surface area contributed by atoms with Crippen LogP contribution in [0.5, 0.6) is 0 Å². The van der Waals surface area contributed by atoms with E-state index in [1.165, 1.54) is 10.9 Å². The summed E-state index contributed by atoms with van der Waals surface area (Å²) < 4.78 is 11.2. The van der Waals surface area contributed by atoms with Gasteiger partial charge in [-0.1, -0.05) is 19.1 Å². The molecule has 0 fully saturated rings. The van der Waals surface area contributed by atoms with Gasteiger partial charge in [0.05, 0.1) is 30.5 Å². The number of H-pyrrole nitrogens is 1.